The molecule has 1 unspecified atom stereocenters. The first kappa shape index (κ1) is 18.5. The average molecular weight is 359 g/mol. The first-order valence-corrected chi connectivity index (χ1v) is 9.76. The fourth-order valence-corrected chi connectivity index (χ4v) is 3.62. The van der Waals surface area contributed by atoms with E-state index in [0.717, 1.165) is 25.0 Å². The Kier molecular flexibility index (Phi) is 6.75. The van der Waals surface area contributed by atoms with Crippen molar-refractivity contribution in [2.24, 2.45) is 0 Å². The maximum Gasteiger partial charge on any atom is 0.315 e. The monoisotopic (exact) mass is 359 g/mol. The number of hydrogen-bond acceptors (Lipinski definition) is 3. The third kappa shape index (κ3) is 5.64. The quantitative estimate of drug-likeness (QED) is 0.655. The van der Waals surface area contributed by atoms with Crippen LogP contribution in [0.5, 0.6) is 5.75 Å². The summed E-state index contributed by atoms with van der Waals surface area (Å²) in [5.74, 6) is 0.916. The number of benzene rings is 1. The largest absolute Gasteiger partial charge is 0.488 e. The van der Waals surface area contributed by atoms with Crippen LogP contribution in [-0.2, 0) is 11.2 Å². The van der Waals surface area contributed by atoms with Gasteiger partial charge in [-0.1, -0.05) is 37.5 Å². The van der Waals surface area contributed by atoms with E-state index in [0.29, 0.717) is 32.0 Å². The van der Waals surface area contributed by atoms with Crippen molar-refractivity contribution in [3.8, 4) is 5.75 Å². The highest BCUT2D eigenvalue weighted by Gasteiger charge is 2.22. The zero-order chi connectivity index (χ0) is 18.2. The molecule has 3 amide bonds. The second-order valence-corrected chi connectivity index (χ2v) is 7.19. The number of hydrogen-bond donors (Lipinski definition) is 3. The van der Waals surface area contributed by atoms with E-state index in [4.69, 9.17) is 4.74 Å². The van der Waals surface area contributed by atoms with Gasteiger partial charge in [-0.05, 0) is 30.9 Å². The molecule has 0 saturated heterocycles. The lowest BCUT2D eigenvalue weighted by Gasteiger charge is -2.22. The minimum absolute atomic E-state index is 0.000884. The summed E-state index contributed by atoms with van der Waals surface area (Å²) >= 11 is 0. The van der Waals surface area contributed by atoms with Gasteiger partial charge in [-0.15, -0.1) is 0 Å². The fraction of sp³-hybridized carbons (Fsp3) is 0.600. The van der Waals surface area contributed by atoms with Crippen LogP contribution in [0.15, 0.2) is 24.3 Å². The Hall–Kier alpha value is -2.24. The minimum atomic E-state index is -0.116. The lowest BCUT2D eigenvalue weighted by molar-refractivity contribution is -0.121. The molecule has 0 radical (unpaired) electrons. The highest BCUT2D eigenvalue weighted by atomic mass is 16.5. The van der Waals surface area contributed by atoms with E-state index in [-0.39, 0.29) is 18.0 Å². The van der Waals surface area contributed by atoms with Crippen molar-refractivity contribution in [3.63, 3.8) is 0 Å². The summed E-state index contributed by atoms with van der Waals surface area (Å²) in [5, 5.41) is 8.77. The van der Waals surface area contributed by atoms with Crippen LogP contribution < -0.4 is 20.7 Å². The average Bonchev–Trinajstić information content (AvgIpc) is 3.07. The van der Waals surface area contributed by atoms with Gasteiger partial charge in [-0.3, -0.25) is 4.79 Å². The Labute approximate surface area is 155 Å². The number of carbonyl (C=O) groups is 2. The Bertz CT molecular complexity index is 589. The molecule has 1 aromatic carbocycles. The number of carbonyl (C=O) groups excluding carboxylic acids is 2. The zero-order valence-electron chi connectivity index (χ0n) is 15.3. The van der Waals surface area contributed by atoms with Gasteiger partial charge in [0.1, 0.15) is 11.9 Å². The van der Waals surface area contributed by atoms with Crippen LogP contribution in [0.4, 0.5) is 4.79 Å². The predicted octanol–water partition coefficient (Wildman–Crippen LogP) is 2.52. The van der Waals surface area contributed by atoms with Gasteiger partial charge in [-0.25, -0.2) is 4.79 Å². The normalized spacial score (nSPS) is 19.3. The van der Waals surface area contributed by atoms with Crippen LogP contribution in [0.2, 0.25) is 0 Å². The molecule has 1 aliphatic carbocycles. The van der Waals surface area contributed by atoms with Gasteiger partial charge < -0.3 is 20.7 Å². The standard InChI is InChI=1S/C20H29N3O3/c24-19(22-14-17-13-15-7-4-5-10-18(15)26-17)11-6-12-21-20(25)23-16-8-2-1-3-9-16/h4-5,7,10,16-17H,1-3,6,8-9,11-14H2,(H,22,24)(H2,21,23,25). The summed E-state index contributed by atoms with van der Waals surface area (Å²) < 4.78 is 5.81. The first-order chi connectivity index (χ1) is 12.7. The smallest absolute Gasteiger partial charge is 0.315 e. The molecule has 142 valence electrons. The molecule has 0 aromatic heterocycles. The molecule has 1 atom stereocenters. The Morgan fingerprint density at radius 2 is 1.88 bits per heavy atom. The molecule has 6 nitrogen and oxygen atoms in total. The third-order valence-corrected chi connectivity index (χ3v) is 5.05. The van der Waals surface area contributed by atoms with Gasteiger partial charge in [0.05, 0.1) is 6.54 Å². The lowest BCUT2D eigenvalue weighted by Crippen LogP contribution is -2.43. The molecule has 1 heterocycles. The van der Waals surface area contributed by atoms with Gasteiger partial charge in [0, 0.05) is 25.4 Å². The Morgan fingerprint density at radius 1 is 1.08 bits per heavy atom. The number of nitrogens with one attached hydrogen (secondary N) is 3. The van der Waals surface area contributed by atoms with Gasteiger partial charge in [0.25, 0.3) is 0 Å². The molecular weight excluding hydrogens is 330 g/mol. The second kappa shape index (κ2) is 9.46. The van der Waals surface area contributed by atoms with Crippen molar-refractivity contribution in [1.29, 1.82) is 0 Å². The SMILES string of the molecule is O=C(CCCNC(=O)NC1CCCCC1)NCC1Cc2ccccc2O1. The van der Waals surface area contributed by atoms with E-state index in [1.54, 1.807) is 0 Å². The number of amides is 3. The molecule has 0 spiro atoms. The third-order valence-electron chi connectivity index (χ3n) is 5.05. The van der Waals surface area contributed by atoms with Gasteiger partial charge in [-0.2, -0.15) is 0 Å². The number of fused-ring (bicyclic) bond motifs is 1. The molecule has 0 bridgehead atoms. The number of rotatable bonds is 7. The molecule has 2 aliphatic rings. The van der Waals surface area contributed by atoms with Crippen LogP contribution in [-0.4, -0.2) is 37.2 Å². The van der Waals surface area contributed by atoms with E-state index in [1.165, 1.54) is 24.8 Å². The van der Waals surface area contributed by atoms with E-state index < -0.39 is 0 Å². The van der Waals surface area contributed by atoms with Crippen LogP contribution in [0.3, 0.4) is 0 Å². The molecular formula is C20H29N3O3. The van der Waals surface area contributed by atoms with Gasteiger partial charge in [0.15, 0.2) is 0 Å². The predicted molar refractivity (Wildman–Crippen MR) is 100 cm³/mol. The van der Waals surface area contributed by atoms with Crippen molar-refractivity contribution in [2.45, 2.75) is 63.5 Å². The molecule has 1 saturated carbocycles. The summed E-state index contributed by atoms with van der Waals surface area (Å²) in [6, 6.07) is 8.16. The summed E-state index contributed by atoms with van der Waals surface area (Å²) in [7, 11) is 0. The molecule has 1 aromatic rings. The lowest BCUT2D eigenvalue weighted by atomic mass is 9.96. The van der Waals surface area contributed by atoms with E-state index >= 15 is 0 Å². The molecule has 1 fully saturated rings. The summed E-state index contributed by atoms with van der Waals surface area (Å²) in [6.45, 7) is 1.03. The van der Waals surface area contributed by atoms with Crippen molar-refractivity contribution >= 4 is 11.9 Å². The van der Waals surface area contributed by atoms with Crippen molar-refractivity contribution in [1.82, 2.24) is 16.0 Å². The van der Waals surface area contributed by atoms with Crippen LogP contribution >= 0.6 is 0 Å². The van der Waals surface area contributed by atoms with E-state index in [1.807, 2.05) is 18.2 Å². The number of ether oxygens (including phenoxy) is 1. The fourth-order valence-electron chi connectivity index (χ4n) is 3.62. The van der Waals surface area contributed by atoms with E-state index in [2.05, 4.69) is 22.0 Å². The summed E-state index contributed by atoms with van der Waals surface area (Å²) in [4.78, 5) is 23.8. The van der Waals surface area contributed by atoms with Crippen molar-refractivity contribution in [3.05, 3.63) is 29.8 Å². The van der Waals surface area contributed by atoms with Crippen LogP contribution in [0, 0.1) is 0 Å². The summed E-state index contributed by atoms with van der Waals surface area (Å²) in [5.41, 5.74) is 1.19. The van der Waals surface area contributed by atoms with Crippen LogP contribution in [0.25, 0.3) is 0 Å². The first-order valence-electron chi connectivity index (χ1n) is 9.76. The molecule has 3 N–H and O–H groups in total. The Balaban J connectivity index is 1.23. The van der Waals surface area contributed by atoms with Crippen molar-refractivity contribution < 1.29 is 14.3 Å². The molecule has 3 rings (SSSR count). The maximum absolute atomic E-state index is 11.9. The highest BCUT2D eigenvalue weighted by molar-refractivity contribution is 5.76. The topological polar surface area (TPSA) is 79.5 Å². The second-order valence-electron chi connectivity index (χ2n) is 7.19. The molecule has 6 heteroatoms. The molecule has 1 aliphatic heterocycles. The van der Waals surface area contributed by atoms with E-state index in [9.17, 15) is 9.59 Å². The maximum atomic E-state index is 11.9. The van der Waals surface area contributed by atoms with Crippen LogP contribution in [0.1, 0.15) is 50.5 Å². The zero-order valence-corrected chi connectivity index (χ0v) is 15.3. The number of para-hydroxylation sites is 1. The minimum Gasteiger partial charge on any atom is -0.488 e. The van der Waals surface area contributed by atoms with Gasteiger partial charge in [0.2, 0.25) is 5.91 Å². The van der Waals surface area contributed by atoms with Crippen molar-refractivity contribution in [2.75, 3.05) is 13.1 Å². The number of urea groups is 1. The summed E-state index contributed by atoms with van der Waals surface area (Å²) in [6.07, 6.45) is 7.69. The van der Waals surface area contributed by atoms with Gasteiger partial charge >= 0.3 is 6.03 Å². The Morgan fingerprint density at radius 3 is 2.69 bits per heavy atom. The highest BCUT2D eigenvalue weighted by Crippen LogP contribution is 2.27. The molecule has 26 heavy (non-hydrogen) atoms.